The Morgan fingerprint density at radius 3 is 2.60 bits per heavy atom. The van der Waals surface area contributed by atoms with E-state index in [1.54, 1.807) is 12.1 Å². The van der Waals surface area contributed by atoms with Crippen molar-refractivity contribution >= 4 is 33.2 Å². The first-order chi connectivity index (χ1) is 9.49. The highest BCUT2D eigenvalue weighted by Gasteiger charge is 2.14. The van der Waals surface area contributed by atoms with Gasteiger partial charge in [0.15, 0.2) is 0 Å². The lowest BCUT2D eigenvalue weighted by Crippen LogP contribution is -2.30. The fraction of sp³-hybridized carbons (Fsp3) is 0.143. The summed E-state index contributed by atoms with van der Waals surface area (Å²) < 4.78 is 14.1. The molecule has 2 rings (SSSR count). The molecule has 20 heavy (non-hydrogen) atoms. The zero-order valence-corrected chi connectivity index (χ0v) is 12.9. The molecule has 0 radical (unpaired) electrons. The molecule has 106 valence electrons. The number of hydrazine groups is 1. The Hall–Kier alpha value is -1.14. The van der Waals surface area contributed by atoms with Crippen LogP contribution in [0.3, 0.4) is 0 Å². The van der Waals surface area contributed by atoms with Crippen molar-refractivity contribution in [1.82, 2.24) is 5.43 Å². The first kappa shape index (κ1) is 15.3. The lowest BCUT2D eigenvalue weighted by molar-refractivity contribution is 0.550. The maximum atomic E-state index is 13.4. The van der Waals surface area contributed by atoms with Gasteiger partial charge in [-0.2, -0.15) is 0 Å². The Balaban J connectivity index is 2.28. The highest BCUT2D eigenvalue weighted by atomic mass is 79.9. The maximum Gasteiger partial charge on any atom is 0.124 e. The minimum absolute atomic E-state index is 0.221. The molecule has 6 heteroatoms. The summed E-state index contributed by atoms with van der Waals surface area (Å²) in [5, 5.41) is 0.565. The standard InChI is InChI=1S/C14H14BrClFN3/c15-9-3-8(4-11(17)6-9)5-14(20-19)12-2-1-10(16)7-13(12)18/h1-4,6-7,14,20H,5,18-19H2. The van der Waals surface area contributed by atoms with Crippen LogP contribution in [0.2, 0.25) is 5.02 Å². The van der Waals surface area contributed by atoms with Crippen LogP contribution in [0.15, 0.2) is 40.9 Å². The number of benzene rings is 2. The van der Waals surface area contributed by atoms with Crippen molar-refractivity contribution < 1.29 is 4.39 Å². The van der Waals surface area contributed by atoms with E-state index in [1.807, 2.05) is 12.1 Å². The van der Waals surface area contributed by atoms with Crippen LogP contribution in [0.25, 0.3) is 0 Å². The minimum Gasteiger partial charge on any atom is -0.398 e. The van der Waals surface area contributed by atoms with E-state index >= 15 is 0 Å². The molecule has 1 unspecified atom stereocenters. The highest BCUT2D eigenvalue weighted by Crippen LogP contribution is 2.27. The van der Waals surface area contributed by atoms with Crippen LogP contribution in [0.4, 0.5) is 10.1 Å². The number of rotatable bonds is 4. The smallest absolute Gasteiger partial charge is 0.124 e. The summed E-state index contributed by atoms with van der Waals surface area (Å²) in [6.45, 7) is 0. The average molecular weight is 359 g/mol. The molecule has 2 aromatic rings. The van der Waals surface area contributed by atoms with E-state index in [1.165, 1.54) is 12.1 Å². The van der Waals surface area contributed by atoms with Gasteiger partial charge in [-0.25, -0.2) is 4.39 Å². The van der Waals surface area contributed by atoms with Crippen molar-refractivity contribution in [3.63, 3.8) is 0 Å². The van der Waals surface area contributed by atoms with Gasteiger partial charge in [-0.1, -0.05) is 33.6 Å². The third-order valence-corrected chi connectivity index (χ3v) is 3.68. The van der Waals surface area contributed by atoms with Crippen molar-refractivity contribution in [2.75, 3.05) is 5.73 Å². The quantitative estimate of drug-likeness (QED) is 0.445. The molecule has 0 heterocycles. The summed E-state index contributed by atoms with van der Waals surface area (Å²) in [5.41, 5.74) is 10.8. The second-order valence-electron chi connectivity index (χ2n) is 4.47. The third-order valence-electron chi connectivity index (χ3n) is 2.99. The average Bonchev–Trinajstić information content (AvgIpc) is 2.35. The van der Waals surface area contributed by atoms with Gasteiger partial charge in [0.2, 0.25) is 0 Å². The summed E-state index contributed by atoms with van der Waals surface area (Å²) in [5.74, 6) is 5.29. The van der Waals surface area contributed by atoms with E-state index in [2.05, 4.69) is 21.4 Å². The van der Waals surface area contributed by atoms with Gasteiger partial charge in [0.05, 0.1) is 6.04 Å². The lowest BCUT2D eigenvalue weighted by atomic mass is 9.98. The molecule has 0 aliphatic carbocycles. The molecule has 0 amide bonds. The number of hydrogen-bond acceptors (Lipinski definition) is 3. The topological polar surface area (TPSA) is 64.1 Å². The summed E-state index contributed by atoms with van der Waals surface area (Å²) >= 11 is 9.15. The van der Waals surface area contributed by atoms with Gasteiger partial charge in [-0.15, -0.1) is 0 Å². The van der Waals surface area contributed by atoms with E-state index in [9.17, 15) is 4.39 Å². The normalized spacial score (nSPS) is 12.4. The number of hydrogen-bond donors (Lipinski definition) is 3. The zero-order valence-electron chi connectivity index (χ0n) is 10.5. The summed E-state index contributed by atoms with van der Waals surface area (Å²) in [6.07, 6.45) is 0.513. The van der Waals surface area contributed by atoms with Gasteiger partial charge in [0, 0.05) is 15.2 Å². The molecule has 0 saturated heterocycles. The van der Waals surface area contributed by atoms with Gasteiger partial charge < -0.3 is 5.73 Å². The first-order valence-corrected chi connectivity index (χ1v) is 7.12. The lowest BCUT2D eigenvalue weighted by Gasteiger charge is -2.18. The monoisotopic (exact) mass is 357 g/mol. The number of nitrogens with one attached hydrogen (secondary N) is 1. The SMILES string of the molecule is NNC(Cc1cc(F)cc(Br)c1)c1ccc(Cl)cc1N. The van der Waals surface area contributed by atoms with Crippen LogP contribution in [-0.4, -0.2) is 0 Å². The van der Waals surface area contributed by atoms with Gasteiger partial charge in [0.25, 0.3) is 0 Å². The van der Waals surface area contributed by atoms with Gasteiger partial charge in [-0.05, 0) is 47.9 Å². The van der Waals surface area contributed by atoms with Crippen molar-refractivity contribution in [3.8, 4) is 0 Å². The first-order valence-electron chi connectivity index (χ1n) is 5.95. The van der Waals surface area contributed by atoms with Crippen LogP contribution in [0.1, 0.15) is 17.2 Å². The summed E-state index contributed by atoms with van der Waals surface area (Å²) in [6, 6.07) is 9.74. The van der Waals surface area contributed by atoms with Crippen LogP contribution in [0, 0.1) is 5.82 Å². The molecule has 0 saturated carbocycles. The van der Waals surface area contributed by atoms with Gasteiger partial charge in [-0.3, -0.25) is 11.3 Å². The second-order valence-corrected chi connectivity index (χ2v) is 5.83. The number of halogens is 3. The number of nitrogens with two attached hydrogens (primary N) is 2. The predicted molar refractivity (Wildman–Crippen MR) is 83.7 cm³/mol. The van der Waals surface area contributed by atoms with E-state index < -0.39 is 0 Å². The van der Waals surface area contributed by atoms with Crippen molar-refractivity contribution in [2.24, 2.45) is 5.84 Å². The number of nitrogen functional groups attached to an aromatic ring is 1. The molecule has 2 aromatic carbocycles. The Labute approximate surface area is 130 Å². The Bertz CT molecular complexity index is 601. The molecule has 0 aromatic heterocycles. The van der Waals surface area contributed by atoms with Crippen LogP contribution >= 0.6 is 27.5 Å². The van der Waals surface area contributed by atoms with Crippen molar-refractivity contribution in [2.45, 2.75) is 12.5 Å². The van der Waals surface area contributed by atoms with Crippen molar-refractivity contribution in [3.05, 3.63) is 62.8 Å². The van der Waals surface area contributed by atoms with Crippen molar-refractivity contribution in [1.29, 1.82) is 0 Å². The van der Waals surface area contributed by atoms with Gasteiger partial charge in [0.1, 0.15) is 5.82 Å². The Morgan fingerprint density at radius 1 is 1.25 bits per heavy atom. The van der Waals surface area contributed by atoms with Gasteiger partial charge >= 0.3 is 0 Å². The molecular formula is C14H14BrClFN3. The molecule has 1 atom stereocenters. The molecule has 0 bridgehead atoms. The molecule has 0 aliphatic rings. The van der Waals surface area contributed by atoms with E-state index in [-0.39, 0.29) is 11.9 Å². The third kappa shape index (κ3) is 3.70. The highest BCUT2D eigenvalue weighted by molar-refractivity contribution is 9.10. The number of anilines is 1. The maximum absolute atomic E-state index is 13.4. The summed E-state index contributed by atoms with van der Waals surface area (Å²) in [7, 11) is 0. The summed E-state index contributed by atoms with van der Waals surface area (Å²) in [4.78, 5) is 0. The molecule has 0 fully saturated rings. The predicted octanol–water partition coefficient (Wildman–Crippen LogP) is 3.57. The molecule has 5 N–H and O–H groups in total. The molecular weight excluding hydrogens is 345 g/mol. The zero-order chi connectivity index (χ0) is 14.7. The molecule has 3 nitrogen and oxygen atoms in total. The van der Waals surface area contributed by atoms with E-state index in [0.717, 1.165) is 11.1 Å². The van der Waals surface area contributed by atoms with E-state index in [4.69, 9.17) is 23.2 Å². The second kappa shape index (κ2) is 6.54. The Kier molecular flexibility index (Phi) is 4.99. The molecule has 0 spiro atoms. The van der Waals surface area contributed by atoms with E-state index in [0.29, 0.717) is 21.6 Å². The Morgan fingerprint density at radius 2 is 2.00 bits per heavy atom. The fourth-order valence-electron chi connectivity index (χ4n) is 2.09. The van der Waals surface area contributed by atoms with Crippen LogP contribution < -0.4 is 17.0 Å². The molecule has 0 aliphatic heterocycles. The van der Waals surface area contributed by atoms with Crippen LogP contribution in [-0.2, 0) is 6.42 Å². The van der Waals surface area contributed by atoms with Crippen LogP contribution in [0.5, 0.6) is 0 Å². The minimum atomic E-state index is -0.297. The fourth-order valence-corrected chi connectivity index (χ4v) is 2.78. The largest absolute Gasteiger partial charge is 0.398 e.